The number of aliphatic hydroxyl groups is 7. The lowest BCUT2D eigenvalue weighted by atomic mass is 9.98. The van der Waals surface area contributed by atoms with Crippen molar-refractivity contribution in [2.45, 2.75) is 325 Å². The van der Waals surface area contributed by atoms with Crippen LogP contribution in [0.1, 0.15) is 258 Å². The van der Waals surface area contributed by atoms with Gasteiger partial charge >= 0.3 is 11.9 Å². The maximum Gasteiger partial charge on any atom is 0.306 e. The van der Waals surface area contributed by atoms with Crippen LogP contribution in [-0.2, 0) is 38.0 Å². The minimum Gasteiger partial charge on any atom is -0.462 e. The first-order valence-corrected chi connectivity index (χ1v) is 30.9. The predicted octanol–water partition coefficient (Wildman–Crippen LogP) is 11.1. The second kappa shape index (κ2) is 47.8. The predicted molar refractivity (Wildman–Crippen MR) is 298 cm³/mol. The fraction of sp³-hybridized carbons (Fsp3) is 0.902. The van der Waals surface area contributed by atoms with Gasteiger partial charge < -0.3 is 64.2 Å². The second-order valence-electron chi connectivity index (χ2n) is 21.9. The monoisotopic (exact) mass is 1080 g/mol. The van der Waals surface area contributed by atoms with Gasteiger partial charge in [-0.3, -0.25) is 9.59 Å². The van der Waals surface area contributed by atoms with Gasteiger partial charge in [-0.25, -0.2) is 0 Å². The number of carbonyl (C=O) groups excluding carboxylic acids is 2. The largest absolute Gasteiger partial charge is 0.462 e. The van der Waals surface area contributed by atoms with Gasteiger partial charge in [0, 0.05) is 12.8 Å². The summed E-state index contributed by atoms with van der Waals surface area (Å²) in [5.74, 6) is -0.919. The molecular weight excluding hydrogens is 973 g/mol. The van der Waals surface area contributed by atoms with E-state index in [0.29, 0.717) is 12.8 Å². The number of allylic oxidation sites excluding steroid dienone is 4. The molecule has 0 aromatic rings. The van der Waals surface area contributed by atoms with Crippen molar-refractivity contribution in [2.24, 2.45) is 0 Å². The van der Waals surface area contributed by atoms with Gasteiger partial charge in [0.1, 0.15) is 55.4 Å². The van der Waals surface area contributed by atoms with Crippen LogP contribution in [0.3, 0.4) is 0 Å². The van der Waals surface area contributed by atoms with E-state index in [-0.39, 0.29) is 26.1 Å². The SMILES string of the molecule is CCCCC/C=C/C/C=C/CCCCCCCCCC(=O)OC[C@H](CO[C@H]1O[C@@H](CO[C@H]2O[C@@H](CO)[C@@H](O)C(O)C2O)[C@@H](O)C(O)C1O)OC(=O)CCCCCCCCCCCCCCCCCCCCCCCCC. The van der Waals surface area contributed by atoms with Crippen LogP contribution >= 0.6 is 0 Å². The molecule has 0 aliphatic carbocycles. The fourth-order valence-corrected chi connectivity index (χ4v) is 9.90. The molecule has 2 heterocycles. The Morgan fingerprint density at radius 3 is 1.25 bits per heavy atom. The van der Waals surface area contributed by atoms with Gasteiger partial charge in [0.2, 0.25) is 0 Å². The van der Waals surface area contributed by atoms with Crippen molar-refractivity contribution in [2.75, 3.05) is 26.4 Å². The number of esters is 2. The summed E-state index contributed by atoms with van der Waals surface area (Å²) in [6, 6.07) is 0. The van der Waals surface area contributed by atoms with E-state index in [0.717, 1.165) is 57.8 Å². The molecule has 15 nitrogen and oxygen atoms in total. The molecule has 0 aromatic carbocycles. The lowest BCUT2D eigenvalue weighted by molar-refractivity contribution is -0.332. The molecule has 2 saturated heterocycles. The van der Waals surface area contributed by atoms with Gasteiger partial charge in [-0.15, -0.1) is 0 Å². The zero-order valence-electron chi connectivity index (χ0n) is 47.8. The van der Waals surface area contributed by atoms with E-state index in [2.05, 4.69) is 38.2 Å². The van der Waals surface area contributed by atoms with Gasteiger partial charge in [0.15, 0.2) is 18.7 Å². The number of ether oxygens (including phenoxy) is 6. The highest BCUT2D eigenvalue weighted by atomic mass is 16.7. The van der Waals surface area contributed by atoms with Crippen LogP contribution in [0.2, 0.25) is 0 Å². The first kappa shape index (κ1) is 70.1. The lowest BCUT2D eigenvalue weighted by Gasteiger charge is -2.42. The number of rotatable bonds is 50. The van der Waals surface area contributed by atoms with Crippen molar-refractivity contribution in [3.05, 3.63) is 24.3 Å². The molecule has 0 aromatic heterocycles. The van der Waals surface area contributed by atoms with Crippen LogP contribution in [0, 0.1) is 0 Å². The minimum absolute atomic E-state index is 0.169. The molecule has 4 unspecified atom stereocenters. The second-order valence-corrected chi connectivity index (χ2v) is 21.9. The Morgan fingerprint density at radius 1 is 0.421 bits per heavy atom. The molecule has 76 heavy (non-hydrogen) atoms. The Balaban J connectivity index is 1.72. The van der Waals surface area contributed by atoms with Gasteiger partial charge in [0.05, 0.1) is 19.8 Å². The van der Waals surface area contributed by atoms with E-state index >= 15 is 0 Å². The Hall–Kier alpha value is -2.02. The first-order valence-electron chi connectivity index (χ1n) is 30.9. The van der Waals surface area contributed by atoms with Crippen molar-refractivity contribution in [1.82, 2.24) is 0 Å². The Morgan fingerprint density at radius 2 is 0.789 bits per heavy atom. The molecule has 0 bridgehead atoms. The summed E-state index contributed by atoms with van der Waals surface area (Å²) in [6.07, 6.45) is 36.3. The van der Waals surface area contributed by atoms with Crippen molar-refractivity contribution in [3.63, 3.8) is 0 Å². The van der Waals surface area contributed by atoms with Crippen LogP contribution in [0.4, 0.5) is 0 Å². The molecule has 2 aliphatic heterocycles. The quantitative estimate of drug-likeness (QED) is 0.0171. The number of unbranched alkanes of at least 4 members (excludes halogenated alkanes) is 32. The summed E-state index contributed by atoms with van der Waals surface area (Å²) >= 11 is 0. The number of aliphatic hydroxyl groups excluding tert-OH is 7. The van der Waals surface area contributed by atoms with Gasteiger partial charge in [-0.2, -0.15) is 0 Å². The van der Waals surface area contributed by atoms with Crippen molar-refractivity contribution in [3.8, 4) is 0 Å². The van der Waals surface area contributed by atoms with E-state index in [4.69, 9.17) is 28.4 Å². The zero-order chi connectivity index (χ0) is 55.3. The Labute approximate surface area is 460 Å². The van der Waals surface area contributed by atoms with Gasteiger partial charge in [0.25, 0.3) is 0 Å². The average Bonchev–Trinajstić information content (AvgIpc) is 3.42. The number of carbonyl (C=O) groups is 2. The topological polar surface area (TPSA) is 231 Å². The summed E-state index contributed by atoms with van der Waals surface area (Å²) < 4.78 is 33.7. The number of hydrogen-bond acceptors (Lipinski definition) is 15. The summed E-state index contributed by atoms with van der Waals surface area (Å²) in [7, 11) is 0. The van der Waals surface area contributed by atoms with Crippen LogP contribution in [0.25, 0.3) is 0 Å². The van der Waals surface area contributed by atoms with Crippen molar-refractivity contribution >= 4 is 11.9 Å². The molecular formula is C61H112O15. The van der Waals surface area contributed by atoms with Crippen LogP contribution in [0.5, 0.6) is 0 Å². The fourth-order valence-electron chi connectivity index (χ4n) is 9.90. The summed E-state index contributed by atoms with van der Waals surface area (Å²) in [5.41, 5.74) is 0. The summed E-state index contributed by atoms with van der Waals surface area (Å²) in [5, 5.41) is 72.4. The molecule has 0 saturated carbocycles. The molecule has 7 N–H and O–H groups in total. The van der Waals surface area contributed by atoms with E-state index in [1.54, 1.807) is 0 Å². The van der Waals surface area contributed by atoms with Crippen LogP contribution in [0.15, 0.2) is 24.3 Å². The highest BCUT2D eigenvalue weighted by Crippen LogP contribution is 2.27. The van der Waals surface area contributed by atoms with Crippen LogP contribution in [-0.4, -0.2) is 142 Å². The third-order valence-corrected chi connectivity index (χ3v) is 14.9. The Bertz CT molecular complexity index is 1410. The molecule has 2 fully saturated rings. The van der Waals surface area contributed by atoms with Gasteiger partial charge in [-0.05, 0) is 44.9 Å². The van der Waals surface area contributed by atoms with Crippen LogP contribution < -0.4 is 0 Å². The van der Waals surface area contributed by atoms with E-state index < -0.39 is 92.7 Å². The molecule has 11 atom stereocenters. The van der Waals surface area contributed by atoms with Gasteiger partial charge in [-0.1, -0.05) is 224 Å². The molecule has 446 valence electrons. The van der Waals surface area contributed by atoms with E-state index in [1.165, 1.54) is 161 Å². The standard InChI is InChI=1S/C61H112O15/c1-3-5-7-9-11-13-15-17-19-21-22-23-24-25-26-28-30-32-34-36-38-40-42-44-53(64)74-49(46-71-52(63)43-41-39-37-35-33-31-29-27-20-18-16-14-12-10-8-6-4-2)47-72-60-59(70)57(68)55(66)51(76-60)48-73-61-58(69)56(67)54(65)50(45-62)75-61/h12,14,18,20,49-51,54-62,65-70H,3-11,13,15-17,19,21-48H2,1-2H3/b14-12+,20-18+/t49-,50+,51+,54-,55-,56?,57?,58?,59?,60+,61+/m1/s1. The van der Waals surface area contributed by atoms with Crippen molar-refractivity contribution < 1.29 is 73.8 Å². The molecule has 0 amide bonds. The normalized spacial score (nSPS) is 24.4. The maximum atomic E-state index is 13.1. The lowest BCUT2D eigenvalue weighted by Crippen LogP contribution is -2.61. The smallest absolute Gasteiger partial charge is 0.306 e. The molecule has 2 rings (SSSR count). The third kappa shape index (κ3) is 34.2. The molecule has 0 radical (unpaired) electrons. The summed E-state index contributed by atoms with van der Waals surface area (Å²) in [4.78, 5) is 25.9. The van der Waals surface area contributed by atoms with E-state index in [1.807, 2.05) is 0 Å². The highest BCUT2D eigenvalue weighted by molar-refractivity contribution is 5.70. The molecule has 2 aliphatic rings. The number of hydrogen-bond donors (Lipinski definition) is 7. The highest BCUT2D eigenvalue weighted by Gasteiger charge is 2.47. The minimum atomic E-state index is -1.76. The molecule has 0 spiro atoms. The average molecular weight is 1090 g/mol. The Kier molecular flexibility index (Phi) is 44.0. The first-order chi connectivity index (χ1) is 37.0. The summed E-state index contributed by atoms with van der Waals surface area (Å²) in [6.45, 7) is 2.61. The van der Waals surface area contributed by atoms with Crippen molar-refractivity contribution in [1.29, 1.82) is 0 Å². The molecule has 15 heteroatoms. The maximum absolute atomic E-state index is 13.1. The third-order valence-electron chi connectivity index (χ3n) is 14.9. The zero-order valence-corrected chi connectivity index (χ0v) is 47.8. The van der Waals surface area contributed by atoms with E-state index in [9.17, 15) is 45.3 Å².